The van der Waals surface area contributed by atoms with E-state index in [4.69, 9.17) is 14.0 Å². The largest absolute Gasteiger partial charge is 0.499 e. The molecule has 0 radical (unpaired) electrons. The van der Waals surface area contributed by atoms with Crippen LogP contribution in [0, 0.1) is 0 Å². The molecule has 2 aliphatic heterocycles. The zero-order valence-electron chi connectivity index (χ0n) is 10.5. The van der Waals surface area contributed by atoms with Gasteiger partial charge in [0.2, 0.25) is 0 Å². The molecule has 2 atom stereocenters. The SMILES string of the molecule is C=Cc1ccc2c3c1C(C[NH3+])OB3OC(C)CO2. The quantitative estimate of drug-likeness (QED) is 0.755. The summed E-state index contributed by atoms with van der Waals surface area (Å²) in [7, 11) is -0.334. The first-order valence-electron chi connectivity index (χ1n) is 6.26. The van der Waals surface area contributed by atoms with Crippen molar-refractivity contribution < 1.29 is 19.8 Å². The minimum Gasteiger partial charge on any atom is -0.491 e. The molecule has 4 nitrogen and oxygen atoms in total. The van der Waals surface area contributed by atoms with Gasteiger partial charge in [-0.15, -0.1) is 0 Å². The molecule has 0 saturated carbocycles. The lowest BCUT2D eigenvalue weighted by atomic mass is 9.76. The van der Waals surface area contributed by atoms with E-state index in [1.165, 1.54) is 0 Å². The fraction of sp³-hybridized carbons (Fsp3) is 0.385. The molecule has 0 fully saturated rings. The van der Waals surface area contributed by atoms with Crippen molar-refractivity contribution >= 4 is 18.7 Å². The summed E-state index contributed by atoms with van der Waals surface area (Å²) in [6.07, 6.45) is 1.83. The van der Waals surface area contributed by atoms with Gasteiger partial charge in [0, 0.05) is 5.46 Å². The Morgan fingerprint density at radius 1 is 1.50 bits per heavy atom. The van der Waals surface area contributed by atoms with Crippen LogP contribution in [0.15, 0.2) is 18.7 Å². The van der Waals surface area contributed by atoms with Crippen molar-refractivity contribution in [2.75, 3.05) is 13.2 Å². The molecule has 94 valence electrons. The highest BCUT2D eigenvalue weighted by Gasteiger charge is 2.44. The van der Waals surface area contributed by atoms with Crippen molar-refractivity contribution in [3.05, 3.63) is 29.8 Å². The number of quaternary nitrogens is 1. The van der Waals surface area contributed by atoms with Crippen molar-refractivity contribution in [2.45, 2.75) is 19.1 Å². The molecule has 2 heterocycles. The van der Waals surface area contributed by atoms with Gasteiger partial charge in [-0.1, -0.05) is 18.7 Å². The van der Waals surface area contributed by atoms with Crippen LogP contribution in [0.4, 0.5) is 0 Å². The molecule has 0 aromatic heterocycles. The van der Waals surface area contributed by atoms with Crippen molar-refractivity contribution in [1.82, 2.24) is 0 Å². The third-order valence-electron chi connectivity index (χ3n) is 3.44. The van der Waals surface area contributed by atoms with Gasteiger partial charge < -0.3 is 19.8 Å². The van der Waals surface area contributed by atoms with Gasteiger partial charge in [0.15, 0.2) is 0 Å². The van der Waals surface area contributed by atoms with Crippen molar-refractivity contribution in [3.63, 3.8) is 0 Å². The molecule has 0 saturated heterocycles. The lowest BCUT2D eigenvalue weighted by Gasteiger charge is -2.15. The summed E-state index contributed by atoms with van der Waals surface area (Å²) in [5.74, 6) is 0.862. The van der Waals surface area contributed by atoms with E-state index >= 15 is 0 Å². The van der Waals surface area contributed by atoms with E-state index in [0.29, 0.717) is 13.2 Å². The standard InChI is InChI=1S/C13H16BNO3/c1-3-9-4-5-10-13-12(9)11(6-15)18-14(13)17-8(2)7-16-10/h3-5,8,11H,1,6-7,15H2,2H3/p+1. The third-order valence-corrected chi connectivity index (χ3v) is 3.44. The Kier molecular flexibility index (Phi) is 2.89. The van der Waals surface area contributed by atoms with Crippen LogP contribution < -0.4 is 15.9 Å². The summed E-state index contributed by atoms with van der Waals surface area (Å²) in [5, 5.41) is 0. The van der Waals surface area contributed by atoms with Gasteiger partial charge in [-0.05, 0) is 24.1 Å². The summed E-state index contributed by atoms with van der Waals surface area (Å²) in [6, 6.07) is 3.99. The summed E-state index contributed by atoms with van der Waals surface area (Å²) in [4.78, 5) is 0. The number of ether oxygens (including phenoxy) is 1. The molecule has 3 N–H and O–H groups in total. The summed E-state index contributed by atoms with van der Waals surface area (Å²) < 4.78 is 17.6. The lowest BCUT2D eigenvalue weighted by Crippen LogP contribution is -2.53. The second-order valence-electron chi connectivity index (χ2n) is 4.69. The minimum absolute atomic E-state index is 0.0194. The van der Waals surface area contributed by atoms with Crippen molar-refractivity contribution in [2.24, 2.45) is 0 Å². The lowest BCUT2D eigenvalue weighted by molar-refractivity contribution is -0.383. The zero-order chi connectivity index (χ0) is 12.7. The molecule has 1 aromatic rings. The van der Waals surface area contributed by atoms with Gasteiger partial charge >= 0.3 is 7.12 Å². The van der Waals surface area contributed by atoms with E-state index in [0.717, 1.165) is 22.3 Å². The van der Waals surface area contributed by atoms with E-state index in [9.17, 15) is 0 Å². The topological polar surface area (TPSA) is 55.3 Å². The van der Waals surface area contributed by atoms with Crippen LogP contribution in [0.3, 0.4) is 0 Å². The Hall–Kier alpha value is -1.30. The van der Waals surface area contributed by atoms with Crippen LogP contribution in [0.25, 0.3) is 6.08 Å². The first-order chi connectivity index (χ1) is 8.74. The van der Waals surface area contributed by atoms with E-state index in [1.807, 2.05) is 25.1 Å². The van der Waals surface area contributed by atoms with Crippen LogP contribution in [-0.4, -0.2) is 26.4 Å². The molecule has 0 aliphatic carbocycles. The van der Waals surface area contributed by atoms with Gasteiger partial charge in [-0.2, -0.15) is 0 Å². The number of hydrogen-bond donors (Lipinski definition) is 1. The molecular weight excluding hydrogens is 229 g/mol. The van der Waals surface area contributed by atoms with E-state index in [-0.39, 0.29) is 19.3 Å². The van der Waals surface area contributed by atoms with Crippen molar-refractivity contribution in [3.8, 4) is 5.75 Å². The second kappa shape index (κ2) is 4.42. The van der Waals surface area contributed by atoms with E-state index in [1.54, 1.807) is 0 Å². The normalized spacial score (nSPS) is 25.3. The second-order valence-corrected chi connectivity index (χ2v) is 4.69. The van der Waals surface area contributed by atoms with Crippen LogP contribution >= 0.6 is 0 Å². The fourth-order valence-corrected chi connectivity index (χ4v) is 2.59. The predicted octanol–water partition coefficient (Wildman–Crippen LogP) is 0.136. The predicted molar refractivity (Wildman–Crippen MR) is 69.5 cm³/mol. The Morgan fingerprint density at radius 3 is 3.06 bits per heavy atom. The van der Waals surface area contributed by atoms with E-state index < -0.39 is 0 Å². The molecule has 2 aliphatic rings. The molecule has 5 heteroatoms. The monoisotopic (exact) mass is 246 g/mol. The van der Waals surface area contributed by atoms with Crippen LogP contribution in [-0.2, 0) is 9.31 Å². The van der Waals surface area contributed by atoms with Crippen LogP contribution in [0.2, 0.25) is 0 Å². The van der Waals surface area contributed by atoms with Gasteiger partial charge in [0.1, 0.15) is 25.0 Å². The highest BCUT2D eigenvalue weighted by molar-refractivity contribution is 6.64. The molecule has 18 heavy (non-hydrogen) atoms. The Labute approximate surface area is 107 Å². The molecule has 0 amide bonds. The number of hydrogen-bond acceptors (Lipinski definition) is 3. The molecule has 0 bridgehead atoms. The number of benzene rings is 1. The molecule has 0 spiro atoms. The average Bonchev–Trinajstić information content (AvgIpc) is 2.66. The molecule has 1 aromatic carbocycles. The third kappa shape index (κ3) is 1.67. The highest BCUT2D eigenvalue weighted by atomic mass is 16.6. The smallest absolute Gasteiger partial charge is 0.491 e. The molecule has 2 unspecified atom stereocenters. The first kappa shape index (κ1) is 11.8. The molecule has 3 rings (SSSR count). The zero-order valence-corrected chi connectivity index (χ0v) is 10.5. The minimum atomic E-state index is -0.334. The van der Waals surface area contributed by atoms with Crippen LogP contribution in [0.5, 0.6) is 5.75 Å². The maximum atomic E-state index is 5.94. The average molecular weight is 246 g/mol. The first-order valence-corrected chi connectivity index (χ1v) is 6.26. The van der Waals surface area contributed by atoms with Crippen molar-refractivity contribution in [1.29, 1.82) is 0 Å². The maximum absolute atomic E-state index is 5.94. The Balaban J connectivity index is 2.17. The van der Waals surface area contributed by atoms with Crippen LogP contribution in [0.1, 0.15) is 24.2 Å². The Morgan fingerprint density at radius 2 is 2.33 bits per heavy atom. The van der Waals surface area contributed by atoms with E-state index in [2.05, 4.69) is 12.3 Å². The van der Waals surface area contributed by atoms with Gasteiger partial charge in [0.25, 0.3) is 0 Å². The van der Waals surface area contributed by atoms with Gasteiger partial charge in [0.05, 0.1) is 6.10 Å². The summed E-state index contributed by atoms with van der Waals surface area (Å²) >= 11 is 0. The summed E-state index contributed by atoms with van der Waals surface area (Å²) in [6.45, 7) is 7.07. The fourth-order valence-electron chi connectivity index (χ4n) is 2.59. The Bertz CT molecular complexity index is 491. The van der Waals surface area contributed by atoms with Gasteiger partial charge in [-0.25, -0.2) is 0 Å². The number of rotatable bonds is 2. The maximum Gasteiger partial charge on any atom is 0.499 e. The highest BCUT2D eigenvalue weighted by Crippen LogP contribution is 2.33. The summed E-state index contributed by atoms with van der Waals surface area (Å²) in [5.41, 5.74) is 7.16. The van der Waals surface area contributed by atoms with Gasteiger partial charge in [-0.3, -0.25) is 0 Å². The molecular formula is C13H17BNO3+.